The molecule has 13 heteroatoms. The minimum atomic E-state index is -4.03. The normalized spacial score (nSPS) is 24.3. The molecule has 1 aromatic heterocycles. The standard InChI is InChI=1S/C18H22N6O6S/c1-18(2)12(16(27)28)24-14(26)10(15(24)31(18,29)30)8-11-9(4-3-5-21-11)13(25)22-6-7-23-17(19)20/h3-5,8,12,15H,6-7H2,1-2H3,(H,22,25)(H,27,28)(H4,19,20,23)/b10-8-/t12-,15+/m0/s1. The maximum Gasteiger partial charge on any atom is 0.328 e. The summed E-state index contributed by atoms with van der Waals surface area (Å²) >= 11 is 0. The number of guanidine groups is 1. The Labute approximate surface area is 177 Å². The van der Waals surface area contributed by atoms with Crippen LogP contribution in [0.4, 0.5) is 0 Å². The van der Waals surface area contributed by atoms with E-state index in [0.717, 1.165) is 4.90 Å². The maximum atomic E-state index is 13.0. The molecule has 3 rings (SSSR count). The number of rotatable bonds is 6. The third-order valence-electron chi connectivity index (χ3n) is 5.27. The number of sulfone groups is 1. The number of carboxylic acids is 1. The number of nitrogens with two attached hydrogens (primary N) is 2. The Kier molecular flexibility index (Phi) is 5.48. The van der Waals surface area contributed by atoms with Crippen molar-refractivity contribution < 1.29 is 27.9 Å². The fraction of sp³-hybridized carbons (Fsp3) is 0.389. The van der Waals surface area contributed by atoms with Gasteiger partial charge in [0.1, 0.15) is 4.75 Å². The van der Waals surface area contributed by atoms with E-state index in [4.69, 9.17) is 11.5 Å². The number of carbonyl (C=O) groups excluding carboxylic acids is 2. The molecule has 2 fully saturated rings. The highest BCUT2D eigenvalue weighted by Gasteiger charge is 2.70. The van der Waals surface area contributed by atoms with Crippen LogP contribution in [0.1, 0.15) is 29.9 Å². The van der Waals surface area contributed by atoms with E-state index in [2.05, 4.69) is 15.3 Å². The highest BCUT2D eigenvalue weighted by molar-refractivity contribution is 7.94. The topological polar surface area (TPSA) is 198 Å². The third-order valence-corrected chi connectivity index (χ3v) is 8.02. The van der Waals surface area contributed by atoms with Crippen LogP contribution in [0.3, 0.4) is 0 Å². The summed E-state index contributed by atoms with van der Waals surface area (Å²) in [6, 6.07) is 1.47. The van der Waals surface area contributed by atoms with E-state index < -0.39 is 43.8 Å². The van der Waals surface area contributed by atoms with Crippen LogP contribution in [-0.2, 0) is 19.4 Å². The van der Waals surface area contributed by atoms with Gasteiger partial charge in [-0.1, -0.05) is 0 Å². The van der Waals surface area contributed by atoms with E-state index in [1.165, 1.54) is 38.3 Å². The fourth-order valence-corrected chi connectivity index (χ4v) is 5.78. The van der Waals surface area contributed by atoms with Gasteiger partial charge in [-0.2, -0.15) is 0 Å². The largest absolute Gasteiger partial charge is 0.480 e. The summed E-state index contributed by atoms with van der Waals surface area (Å²) in [6.07, 6.45) is 2.60. The van der Waals surface area contributed by atoms with Crippen molar-refractivity contribution in [2.75, 3.05) is 13.1 Å². The monoisotopic (exact) mass is 450 g/mol. The number of amides is 2. The number of nitrogens with zero attached hydrogens (tertiary/aromatic N) is 3. The van der Waals surface area contributed by atoms with Gasteiger partial charge in [0.2, 0.25) is 0 Å². The van der Waals surface area contributed by atoms with E-state index in [0.29, 0.717) is 0 Å². The predicted molar refractivity (Wildman–Crippen MR) is 110 cm³/mol. The van der Waals surface area contributed by atoms with E-state index >= 15 is 0 Å². The molecule has 2 atom stereocenters. The molecule has 12 nitrogen and oxygen atoms in total. The molecule has 2 amide bonds. The highest BCUT2D eigenvalue weighted by Crippen LogP contribution is 2.48. The second-order valence-corrected chi connectivity index (χ2v) is 10.1. The van der Waals surface area contributed by atoms with Crippen LogP contribution in [0.25, 0.3) is 6.08 Å². The molecule has 166 valence electrons. The van der Waals surface area contributed by atoms with Crippen molar-refractivity contribution in [3.63, 3.8) is 0 Å². The summed E-state index contributed by atoms with van der Waals surface area (Å²) in [4.78, 5) is 45.5. The molecular weight excluding hydrogens is 428 g/mol. The van der Waals surface area contributed by atoms with Crippen molar-refractivity contribution in [1.29, 1.82) is 0 Å². The molecule has 31 heavy (non-hydrogen) atoms. The summed E-state index contributed by atoms with van der Waals surface area (Å²) in [5.74, 6) is -2.76. The first kappa shape index (κ1) is 22.2. The SMILES string of the molecule is CC1(C)[C@H](C(=O)O)N2C(=O)/C(=C/c3ncccc3C(=O)NCCN=C(N)N)[C@H]2S1(=O)=O. The first-order valence-electron chi connectivity index (χ1n) is 9.20. The molecule has 2 aliphatic heterocycles. The van der Waals surface area contributed by atoms with Crippen molar-refractivity contribution >= 4 is 39.7 Å². The molecule has 0 unspecified atom stereocenters. The fourth-order valence-electron chi connectivity index (χ4n) is 3.66. The zero-order chi connectivity index (χ0) is 23.1. The van der Waals surface area contributed by atoms with Crippen LogP contribution in [0.5, 0.6) is 0 Å². The van der Waals surface area contributed by atoms with Gasteiger partial charge in [0.15, 0.2) is 27.2 Å². The van der Waals surface area contributed by atoms with Crippen LogP contribution in [-0.4, -0.2) is 76.4 Å². The Morgan fingerprint density at radius 1 is 1.39 bits per heavy atom. The number of β-lactam (4-membered cyclic amide) rings is 1. The Balaban J connectivity index is 1.92. The number of pyridine rings is 1. The van der Waals surface area contributed by atoms with Gasteiger partial charge in [0.25, 0.3) is 11.8 Å². The van der Waals surface area contributed by atoms with Crippen molar-refractivity contribution in [2.24, 2.45) is 16.5 Å². The van der Waals surface area contributed by atoms with Gasteiger partial charge in [-0.15, -0.1) is 0 Å². The molecule has 0 radical (unpaired) electrons. The number of hydrogen-bond donors (Lipinski definition) is 4. The van der Waals surface area contributed by atoms with Gasteiger partial charge < -0.3 is 26.8 Å². The maximum absolute atomic E-state index is 13.0. The number of carboxylic acid groups (broad SMARTS) is 1. The number of aromatic nitrogens is 1. The van der Waals surface area contributed by atoms with Crippen molar-refractivity contribution in [3.8, 4) is 0 Å². The first-order chi connectivity index (χ1) is 14.4. The minimum absolute atomic E-state index is 0.0802. The molecule has 0 aromatic carbocycles. The lowest BCUT2D eigenvalue weighted by Gasteiger charge is -2.37. The zero-order valence-corrected chi connectivity index (χ0v) is 17.6. The molecule has 0 spiro atoms. The molecule has 1 aromatic rings. The average molecular weight is 450 g/mol. The van der Waals surface area contributed by atoms with Crippen LogP contribution in [0.2, 0.25) is 0 Å². The van der Waals surface area contributed by atoms with E-state index in [9.17, 15) is 27.9 Å². The zero-order valence-electron chi connectivity index (χ0n) is 16.8. The second kappa shape index (κ2) is 7.65. The summed E-state index contributed by atoms with van der Waals surface area (Å²) < 4.78 is 24.2. The summed E-state index contributed by atoms with van der Waals surface area (Å²) in [5.41, 5.74) is 10.5. The molecule has 0 aliphatic carbocycles. The number of carbonyl (C=O) groups is 3. The lowest BCUT2D eigenvalue weighted by Crippen LogP contribution is -2.58. The van der Waals surface area contributed by atoms with Gasteiger partial charge in [0, 0.05) is 12.7 Å². The van der Waals surface area contributed by atoms with Gasteiger partial charge in [-0.05, 0) is 32.1 Å². The lowest BCUT2D eigenvalue weighted by atomic mass is 9.95. The quantitative estimate of drug-likeness (QED) is 0.128. The molecule has 3 heterocycles. The smallest absolute Gasteiger partial charge is 0.328 e. The highest BCUT2D eigenvalue weighted by atomic mass is 32.2. The summed E-state index contributed by atoms with van der Waals surface area (Å²) in [7, 11) is -4.03. The minimum Gasteiger partial charge on any atom is -0.480 e. The lowest BCUT2D eigenvalue weighted by molar-refractivity contribution is -0.152. The molecule has 0 bridgehead atoms. The molecule has 2 aliphatic rings. The predicted octanol–water partition coefficient (Wildman–Crippen LogP) is -1.70. The van der Waals surface area contributed by atoms with E-state index in [1.54, 1.807) is 0 Å². The third kappa shape index (κ3) is 3.50. The number of hydrogen-bond acceptors (Lipinski definition) is 7. The molecular formula is C18H22N6O6S. The van der Waals surface area contributed by atoms with Crippen molar-refractivity contribution in [3.05, 3.63) is 35.2 Å². The molecule has 0 saturated carbocycles. The molecule has 2 saturated heterocycles. The Morgan fingerprint density at radius 2 is 2.06 bits per heavy atom. The van der Waals surface area contributed by atoms with Crippen LogP contribution >= 0.6 is 0 Å². The van der Waals surface area contributed by atoms with Gasteiger partial charge in [0.05, 0.1) is 23.4 Å². The summed E-state index contributed by atoms with van der Waals surface area (Å²) in [6.45, 7) is 2.85. The Morgan fingerprint density at radius 3 is 2.68 bits per heavy atom. The summed E-state index contributed by atoms with van der Waals surface area (Å²) in [5, 5.41) is 10.7. The van der Waals surface area contributed by atoms with Crippen molar-refractivity contribution in [1.82, 2.24) is 15.2 Å². The van der Waals surface area contributed by atoms with Crippen molar-refractivity contribution in [2.45, 2.75) is 30.0 Å². The Hall–Kier alpha value is -3.48. The van der Waals surface area contributed by atoms with Crippen LogP contribution in [0.15, 0.2) is 28.9 Å². The number of fused-ring (bicyclic) bond motifs is 1. The second-order valence-electron chi connectivity index (χ2n) is 7.55. The van der Waals surface area contributed by atoms with Gasteiger partial charge in [-0.25, -0.2) is 13.2 Å². The number of nitrogens with one attached hydrogen (secondary N) is 1. The average Bonchev–Trinajstić information content (AvgIpc) is 2.83. The number of aliphatic carboxylic acids is 1. The van der Waals surface area contributed by atoms with Crippen LogP contribution < -0.4 is 16.8 Å². The van der Waals surface area contributed by atoms with E-state index in [1.807, 2.05) is 0 Å². The first-order valence-corrected chi connectivity index (χ1v) is 10.7. The van der Waals surface area contributed by atoms with Gasteiger partial charge >= 0.3 is 5.97 Å². The number of aliphatic imine (C=N–C) groups is 1. The molecule has 6 N–H and O–H groups in total. The Bertz CT molecular complexity index is 1120. The van der Waals surface area contributed by atoms with Gasteiger partial charge in [-0.3, -0.25) is 19.6 Å². The van der Waals surface area contributed by atoms with Crippen LogP contribution in [0, 0.1) is 0 Å². The van der Waals surface area contributed by atoms with E-state index in [-0.39, 0.29) is 35.9 Å².